The molecule has 0 aliphatic heterocycles. The Morgan fingerprint density at radius 3 is 1.00 bits per heavy atom. The molecule has 4 aromatic rings. The second-order valence-electron chi connectivity index (χ2n) is 17.4. The fourth-order valence-corrected chi connectivity index (χ4v) is 21.7. The van der Waals surface area contributed by atoms with Crippen molar-refractivity contribution in [1.29, 1.82) is 0 Å². The van der Waals surface area contributed by atoms with Crippen molar-refractivity contribution in [3.8, 4) is 0 Å². The molecule has 4 unspecified atom stereocenters. The van der Waals surface area contributed by atoms with Gasteiger partial charge >= 0.3 is 0 Å². The molecule has 0 amide bonds. The third-order valence-electron chi connectivity index (χ3n) is 11.3. The Kier molecular flexibility index (Phi) is 19.2. The van der Waals surface area contributed by atoms with E-state index < -0.39 is 36.2 Å². The fraction of sp³-hybridized carbons (Fsp3) is 0.360. The van der Waals surface area contributed by atoms with Crippen LogP contribution in [-0.2, 0) is 22.4 Å². The minimum absolute atomic E-state index is 0.0600. The lowest BCUT2D eigenvalue weighted by Crippen LogP contribution is -2.67. The number of rotatable bonds is 26. The summed E-state index contributed by atoms with van der Waals surface area (Å²) >= 11 is 0. The van der Waals surface area contributed by atoms with E-state index in [9.17, 15) is 0 Å². The van der Waals surface area contributed by atoms with Gasteiger partial charge in [0, 0.05) is 25.0 Å². The van der Waals surface area contributed by atoms with E-state index in [0.29, 0.717) is 26.4 Å². The zero-order valence-corrected chi connectivity index (χ0v) is 41.5. The smallest absolute Gasteiger partial charge is 0.261 e. The molecular formula is C50H70O5Si4. The lowest BCUT2D eigenvalue weighted by molar-refractivity contribution is 0.0494. The van der Waals surface area contributed by atoms with Gasteiger partial charge in [-0.25, -0.2) is 0 Å². The third kappa shape index (κ3) is 12.3. The summed E-state index contributed by atoms with van der Waals surface area (Å²) in [4.78, 5) is 0. The van der Waals surface area contributed by atoms with Gasteiger partial charge in [-0.3, -0.25) is 0 Å². The summed E-state index contributed by atoms with van der Waals surface area (Å²) in [6, 6.07) is 43.2. The highest BCUT2D eigenvalue weighted by molar-refractivity contribution is 7.00. The molecule has 0 radical (unpaired) electrons. The van der Waals surface area contributed by atoms with Crippen LogP contribution in [0.5, 0.6) is 0 Å². The number of ether oxygens (including phenoxy) is 2. The SMILES string of the molecule is C=CCOC([SiH2]O[SiH2]C(OCC=C)C(CC=C)CO[Si](c1ccccc1)(c1ccccc1)C(C)(C)C)C(CC=C)CO[Si](c1ccccc1)(c1ccccc1)C(C)(C)C. The van der Waals surface area contributed by atoms with Crippen LogP contribution >= 0.6 is 0 Å². The maximum Gasteiger partial charge on any atom is 0.261 e. The average Bonchev–Trinajstić information content (AvgIpc) is 3.23. The Balaban J connectivity index is 1.62. The van der Waals surface area contributed by atoms with Crippen LogP contribution in [-0.4, -0.2) is 74.0 Å². The van der Waals surface area contributed by atoms with Crippen molar-refractivity contribution in [3.05, 3.63) is 172 Å². The number of hydrogen-bond acceptors (Lipinski definition) is 5. The highest BCUT2D eigenvalue weighted by Crippen LogP contribution is 2.39. The van der Waals surface area contributed by atoms with Gasteiger partial charge in [0.15, 0.2) is 19.5 Å². The van der Waals surface area contributed by atoms with Gasteiger partial charge in [-0.15, -0.1) is 26.3 Å². The van der Waals surface area contributed by atoms with Crippen LogP contribution in [0.4, 0.5) is 0 Å². The van der Waals surface area contributed by atoms with E-state index in [1.54, 1.807) is 0 Å². The minimum atomic E-state index is -2.77. The first-order valence-corrected chi connectivity index (χ1v) is 27.7. The van der Waals surface area contributed by atoms with Gasteiger partial charge < -0.3 is 22.4 Å². The maximum atomic E-state index is 7.46. The van der Waals surface area contributed by atoms with E-state index in [4.69, 9.17) is 22.4 Å². The molecule has 0 heterocycles. The van der Waals surface area contributed by atoms with Crippen molar-refractivity contribution in [2.24, 2.45) is 11.8 Å². The minimum Gasteiger partial charge on any atom is -0.461 e. The topological polar surface area (TPSA) is 46.2 Å². The Labute approximate surface area is 363 Å². The van der Waals surface area contributed by atoms with Crippen molar-refractivity contribution >= 4 is 56.9 Å². The molecule has 4 aromatic carbocycles. The summed E-state index contributed by atoms with van der Waals surface area (Å²) in [5.41, 5.74) is -0.217. The van der Waals surface area contributed by atoms with Crippen LogP contribution in [0.15, 0.2) is 172 Å². The quantitative estimate of drug-likeness (QED) is 0.0478. The van der Waals surface area contributed by atoms with E-state index >= 15 is 0 Å². The summed E-state index contributed by atoms with van der Waals surface area (Å²) in [7, 11) is -8.00. The number of allylic oxidation sites excluding steroid dienone is 2. The Morgan fingerprint density at radius 1 is 0.475 bits per heavy atom. The summed E-state index contributed by atoms with van der Waals surface area (Å²) in [5, 5.41) is 4.76. The molecule has 0 spiro atoms. The molecule has 0 saturated heterocycles. The Bertz CT molecular complexity index is 1610. The van der Waals surface area contributed by atoms with Crippen molar-refractivity contribution < 1.29 is 22.4 Å². The molecule has 316 valence electrons. The molecule has 5 nitrogen and oxygen atoms in total. The monoisotopic (exact) mass is 862 g/mol. The molecule has 0 saturated carbocycles. The van der Waals surface area contributed by atoms with Crippen LogP contribution < -0.4 is 20.7 Å². The molecule has 0 N–H and O–H groups in total. The van der Waals surface area contributed by atoms with Crippen molar-refractivity contribution in [2.75, 3.05) is 26.4 Å². The van der Waals surface area contributed by atoms with E-state index in [2.05, 4.69) is 189 Å². The van der Waals surface area contributed by atoms with Crippen LogP contribution in [0.25, 0.3) is 0 Å². The van der Waals surface area contributed by atoms with Gasteiger partial charge in [-0.1, -0.05) is 187 Å². The van der Waals surface area contributed by atoms with Gasteiger partial charge in [0.2, 0.25) is 0 Å². The second kappa shape index (κ2) is 23.5. The third-order valence-corrected chi connectivity index (χ3v) is 25.6. The first-order valence-electron chi connectivity index (χ1n) is 21.1. The van der Waals surface area contributed by atoms with Gasteiger partial charge in [-0.2, -0.15) is 0 Å². The van der Waals surface area contributed by atoms with Crippen LogP contribution in [0.3, 0.4) is 0 Å². The van der Waals surface area contributed by atoms with Crippen molar-refractivity contribution in [3.63, 3.8) is 0 Å². The van der Waals surface area contributed by atoms with Crippen molar-refractivity contribution in [2.45, 2.75) is 75.9 Å². The molecule has 0 aromatic heterocycles. The molecule has 4 rings (SSSR count). The zero-order valence-electron chi connectivity index (χ0n) is 36.7. The number of hydrogen-bond donors (Lipinski definition) is 0. The lowest BCUT2D eigenvalue weighted by atomic mass is 10.1. The van der Waals surface area contributed by atoms with Gasteiger partial charge in [-0.05, 0) is 43.7 Å². The van der Waals surface area contributed by atoms with Crippen LogP contribution in [0.2, 0.25) is 10.1 Å². The van der Waals surface area contributed by atoms with Gasteiger partial charge in [0.1, 0.15) is 0 Å². The molecule has 0 fully saturated rings. The van der Waals surface area contributed by atoms with E-state index in [0.717, 1.165) is 12.8 Å². The van der Waals surface area contributed by atoms with Crippen LogP contribution in [0, 0.1) is 11.8 Å². The summed E-state index contributed by atoms with van der Waals surface area (Å²) < 4.78 is 35.1. The Hall–Kier alpha value is -3.49. The van der Waals surface area contributed by atoms with E-state index in [1.165, 1.54) is 20.7 Å². The highest BCUT2D eigenvalue weighted by atomic mass is 28.4. The summed E-state index contributed by atoms with van der Waals surface area (Å²) in [6.45, 7) is 32.2. The van der Waals surface area contributed by atoms with E-state index in [1.807, 2.05) is 24.3 Å². The Morgan fingerprint density at radius 2 is 0.763 bits per heavy atom. The second-order valence-corrected chi connectivity index (χ2v) is 29.9. The zero-order chi connectivity index (χ0) is 42.8. The first-order chi connectivity index (χ1) is 28.4. The predicted octanol–water partition coefficient (Wildman–Crippen LogP) is 7.77. The first kappa shape index (κ1) is 48.2. The molecular weight excluding hydrogens is 793 g/mol. The van der Waals surface area contributed by atoms with Gasteiger partial charge in [0.25, 0.3) is 16.6 Å². The largest absolute Gasteiger partial charge is 0.461 e. The lowest BCUT2D eigenvalue weighted by Gasteiger charge is -2.44. The van der Waals surface area contributed by atoms with E-state index in [-0.39, 0.29) is 33.4 Å². The van der Waals surface area contributed by atoms with Gasteiger partial charge in [0.05, 0.1) is 24.7 Å². The standard InChI is InChI=1S/C50H70O5Si4/c1-11-27-41(39-53-58(49(5,6)7,43-29-19-15-20-30-43)44-31-21-16-22-32-44)47(51-37-13-3)56-55-57-48(52-38-14-4)42(28-12-2)40-54-59(50(8,9)10,45-33-23-17-24-34-45)46-35-25-18-26-36-46/h11-26,29-36,41-42,47-48H,1-4,27-28,37-40,56-57H2,5-10H3. The summed E-state index contributed by atoms with van der Waals surface area (Å²) in [5.74, 6) is 0.120. The van der Waals surface area contributed by atoms with Crippen molar-refractivity contribution in [1.82, 2.24) is 0 Å². The number of benzene rings is 4. The highest BCUT2D eigenvalue weighted by Gasteiger charge is 2.52. The normalized spacial score (nSPS) is 14.9. The summed E-state index contributed by atoms with van der Waals surface area (Å²) in [6.07, 6.45) is 9.14. The maximum absolute atomic E-state index is 7.46. The molecule has 0 aliphatic rings. The average molecular weight is 863 g/mol. The molecule has 0 aliphatic carbocycles. The molecule has 0 bridgehead atoms. The predicted molar refractivity (Wildman–Crippen MR) is 262 cm³/mol. The fourth-order valence-electron chi connectivity index (χ4n) is 8.39. The molecule has 4 atom stereocenters. The molecule has 9 heteroatoms. The molecule has 59 heavy (non-hydrogen) atoms. The van der Waals surface area contributed by atoms with Crippen LogP contribution in [0.1, 0.15) is 54.4 Å².